The third-order valence-electron chi connectivity index (χ3n) is 3.60. The molecule has 142 valence electrons. The van der Waals surface area contributed by atoms with E-state index in [1.165, 1.54) is 13.1 Å². The van der Waals surface area contributed by atoms with Crippen molar-refractivity contribution in [3.05, 3.63) is 59.7 Å². The molecule has 2 rings (SSSR count). The topological polar surface area (TPSA) is 77.0 Å². The Balaban J connectivity index is 1.96. The number of ether oxygens (including phenoxy) is 1. The van der Waals surface area contributed by atoms with Gasteiger partial charge in [-0.25, -0.2) is 0 Å². The summed E-state index contributed by atoms with van der Waals surface area (Å²) in [5.74, 6) is 0.264. The lowest BCUT2D eigenvalue weighted by Crippen LogP contribution is -2.26. The molecule has 0 spiro atoms. The first-order valence-electron chi connectivity index (χ1n) is 8.73. The molecule has 6 heteroatoms. The smallest absolute Gasteiger partial charge is 0.267 e. The van der Waals surface area contributed by atoms with Gasteiger partial charge in [0.25, 0.3) is 5.91 Å². The SMILES string of the molecule is CC(=O)c1cccc(NC(=O)C(C)O/N=C/c2ccccc2OC(C)C)c1. The van der Waals surface area contributed by atoms with Gasteiger partial charge in [-0.1, -0.05) is 29.4 Å². The molecular formula is C21H24N2O4. The van der Waals surface area contributed by atoms with Crippen LogP contribution in [0.3, 0.4) is 0 Å². The van der Waals surface area contributed by atoms with Crippen LogP contribution < -0.4 is 10.1 Å². The average Bonchev–Trinajstić information content (AvgIpc) is 2.62. The van der Waals surface area contributed by atoms with E-state index in [0.717, 1.165) is 5.56 Å². The summed E-state index contributed by atoms with van der Waals surface area (Å²) in [5, 5.41) is 6.61. The van der Waals surface area contributed by atoms with Crippen LogP contribution in [0.15, 0.2) is 53.7 Å². The second kappa shape index (κ2) is 9.52. The zero-order valence-electron chi connectivity index (χ0n) is 15.9. The maximum absolute atomic E-state index is 12.2. The van der Waals surface area contributed by atoms with Gasteiger partial charge in [0, 0.05) is 16.8 Å². The molecular weight excluding hydrogens is 344 g/mol. The highest BCUT2D eigenvalue weighted by Crippen LogP contribution is 2.17. The number of para-hydroxylation sites is 1. The minimum absolute atomic E-state index is 0.0379. The van der Waals surface area contributed by atoms with Crippen LogP contribution in [0.25, 0.3) is 0 Å². The van der Waals surface area contributed by atoms with Crippen molar-refractivity contribution in [1.82, 2.24) is 0 Å². The average molecular weight is 368 g/mol. The van der Waals surface area contributed by atoms with E-state index in [1.54, 1.807) is 31.2 Å². The Morgan fingerprint density at radius 1 is 1.07 bits per heavy atom. The number of nitrogens with one attached hydrogen (secondary N) is 1. The summed E-state index contributed by atoms with van der Waals surface area (Å²) in [7, 11) is 0. The first-order valence-corrected chi connectivity index (χ1v) is 8.73. The third-order valence-corrected chi connectivity index (χ3v) is 3.60. The van der Waals surface area contributed by atoms with E-state index in [2.05, 4.69) is 10.5 Å². The molecule has 0 radical (unpaired) electrons. The molecule has 1 N–H and O–H groups in total. The molecule has 0 aromatic heterocycles. The minimum atomic E-state index is -0.805. The molecule has 2 aromatic carbocycles. The van der Waals surface area contributed by atoms with E-state index in [0.29, 0.717) is 17.0 Å². The van der Waals surface area contributed by atoms with Crippen molar-refractivity contribution in [2.24, 2.45) is 5.16 Å². The summed E-state index contributed by atoms with van der Waals surface area (Å²) < 4.78 is 5.71. The fourth-order valence-electron chi connectivity index (χ4n) is 2.23. The fraction of sp³-hybridized carbons (Fsp3) is 0.286. The summed E-state index contributed by atoms with van der Waals surface area (Å²) in [6.45, 7) is 6.95. The predicted octanol–water partition coefficient (Wildman–Crippen LogP) is 4.05. The van der Waals surface area contributed by atoms with Gasteiger partial charge >= 0.3 is 0 Å². The Labute approximate surface area is 159 Å². The largest absolute Gasteiger partial charge is 0.490 e. The Bertz CT molecular complexity index is 830. The number of carbonyl (C=O) groups excluding carboxylic acids is 2. The molecule has 1 unspecified atom stereocenters. The van der Waals surface area contributed by atoms with Gasteiger partial charge < -0.3 is 14.9 Å². The standard InChI is InChI=1S/C21H24N2O4/c1-14(2)26-20-11-6-5-8-18(20)13-22-27-16(4)21(25)23-19-10-7-9-17(12-19)15(3)24/h5-14,16H,1-4H3,(H,23,25)/b22-13+. The molecule has 0 heterocycles. The summed E-state index contributed by atoms with van der Waals surface area (Å²) in [4.78, 5) is 28.9. The Kier molecular flexibility index (Phi) is 7.11. The fourth-order valence-corrected chi connectivity index (χ4v) is 2.23. The summed E-state index contributed by atoms with van der Waals surface area (Å²) in [5.41, 5.74) is 1.82. The van der Waals surface area contributed by atoms with E-state index in [1.807, 2.05) is 38.1 Å². The van der Waals surface area contributed by atoms with Gasteiger partial charge in [0.05, 0.1) is 12.3 Å². The molecule has 0 saturated carbocycles. The van der Waals surface area contributed by atoms with Crippen molar-refractivity contribution in [1.29, 1.82) is 0 Å². The number of anilines is 1. The lowest BCUT2D eigenvalue weighted by molar-refractivity contribution is -0.126. The van der Waals surface area contributed by atoms with Gasteiger partial charge in [-0.3, -0.25) is 9.59 Å². The van der Waals surface area contributed by atoms with Crippen molar-refractivity contribution in [2.45, 2.75) is 39.9 Å². The highest BCUT2D eigenvalue weighted by molar-refractivity contribution is 5.98. The number of benzene rings is 2. The zero-order valence-corrected chi connectivity index (χ0v) is 15.9. The Hall–Kier alpha value is -3.15. The number of hydrogen-bond donors (Lipinski definition) is 1. The first-order chi connectivity index (χ1) is 12.9. The van der Waals surface area contributed by atoms with Crippen LogP contribution in [0.4, 0.5) is 5.69 Å². The maximum Gasteiger partial charge on any atom is 0.267 e. The Morgan fingerprint density at radius 3 is 2.52 bits per heavy atom. The number of rotatable bonds is 8. The molecule has 2 aromatic rings. The quantitative estimate of drug-likeness (QED) is 0.433. The maximum atomic E-state index is 12.2. The lowest BCUT2D eigenvalue weighted by atomic mass is 10.1. The van der Waals surface area contributed by atoms with Crippen molar-refractivity contribution in [3.63, 3.8) is 0 Å². The monoisotopic (exact) mass is 368 g/mol. The summed E-state index contributed by atoms with van der Waals surface area (Å²) in [6, 6.07) is 14.2. The van der Waals surface area contributed by atoms with Crippen molar-refractivity contribution in [3.8, 4) is 5.75 Å². The normalized spacial score (nSPS) is 12.0. The molecule has 0 saturated heterocycles. The van der Waals surface area contributed by atoms with Crippen LogP contribution in [0, 0.1) is 0 Å². The van der Waals surface area contributed by atoms with Gasteiger partial charge in [0.1, 0.15) is 5.75 Å². The number of oxime groups is 1. The second-order valence-electron chi connectivity index (χ2n) is 6.31. The lowest BCUT2D eigenvalue weighted by Gasteiger charge is -2.12. The van der Waals surface area contributed by atoms with Gasteiger partial charge in [-0.05, 0) is 52.0 Å². The molecule has 0 aliphatic heterocycles. The number of hydrogen-bond acceptors (Lipinski definition) is 5. The van der Waals surface area contributed by atoms with Crippen LogP contribution in [-0.2, 0) is 9.63 Å². The van der Waals surface area contributed by atoms with Crippen LogP contribution in [0.1, 0.15) is 43.6 Å². The number of carbonyl (C=O) groups is 2. The van der Waals surface area contributed by atoms with E-state index >= 15 is 0 Å². The minimum Gasteiger partial charge on any atom is -0.490 e. The summed E-state index contributed by atoms with van der Waals surface area (Å²) >= 11 is 0. The van der Waals surface area contributed by atoms with Gasteiger partial charge in [-0.2, -0.15) is 0 Å². The molecule has 0 aliphatic rings. The number of ketones is 1. The third kappa shape index (κ3) is 6.26. The molecule has 0 bridgehead atoms. The highest BCUT2D eigenvalue weighted by atomic mass is 16.6. The predicted molar refractivity (Wildman–Crippen MR) is 105 cm³/mol. The molecule has 6 nitrogen and oxygen atoms in total. The van der Waals surface area contributed by atoms with E-state index in [4.69, 9.17) is 9.57 Å². The van der Waals surface area contributed by atoms with Crippen LogP contribution in [0.2, 0.25) is 0 Å². The number of Topliss-reactive ketones (excluding diaryl/α,β-unsaturated/α-hetero) is 1. The van der Waals surface area contributed by atoms with Crippen LogP contribution in [0.5, 0.6) is 5.75 Å². The summed E-state index contributed by atoms with van der Waals surface area (Å²) in [6.07, 6.45) is 0.745. The van der Waals surface area contributed by atoms with Crippen molar-refractivity contribution < 1.29 is 19.2 Å². The number of nitrogens with zero attached hydrogens (tertiary/aromatic N) is 1. The van der Waals surface area contributed by atoms with Crippen molar-refractivity contribution >= 4 is 23.6 Å². The molecule has 1 amide bonds. The molecule has 0 fully saturated rings. The number of amides is 1. The van der Waals surface area contributed by atoms with E-state index < -0.39 is 6.10 Å². The Morgan fingerprint density at radius 2 is 1.81 bits per heavy atom. The highest BCUT2D eigenvalue weighted by Gasteiger charge is 2.15. The van der Waals surface area contributed by atoms with E-state index in [9.17, 15) is 9.59 Å². The molecule has 1 atom stereocenters. The molecule has 0 aliphatic carbocycles. The van der Waals surface area contributed by atoms with Gasteiger partial charge in [0.2, 0.25) is 6.10 Å². The van der Waals surface area contributed by atoms with Crippen LogP contribution in [-0.4, -0.2) is 30.1 Å². The van der Waals surface area contributed by atoms with Crippen molar-refractivity contribution in [2.75, 3.05) is 5.32 Å². The van der Waals surface area contributed by atoms with E-state index in [-0.39, 0.29) is 17.8 Å². The van der Waals surface area contributed by atoms with Gasteiger partial charge in [0.15, 0.2) is 5.78 Å². The van der Waals surface area contributed by atoms with Crippen LogP contribution >= 0.6 is 0 Å². The van der Waals surface area contributed by atoms with Gasteiger partial charge in [-0.15, -0.1) is 0 Å². The zero-order chi connectivity index (χ0) is 19.8. The first kappa shape index (κ1) is 20.2. The molecule has 27 heavy (non-hydrogen) atoms. The second-order valence-corrected chi connectivity index (χ2v) is 6.31.